The van der Waals surface area contributed by atoms with E-state index in [1.807, 2.05) is 36.4 Å². The summed E-state index contributed by atoms with van der Waals surface area (Å²) in [6.07, 6.45) is 2.31. The third-order valence-corrected chi connectivity index (χ3v) is 6.24. The lowest BCUT2D eigenvalue weighted by atomic mass is 10.1. The summed E-state index contributed by atoms with van der Waals surface area (Å²) in [6.45, 7) is 4.86. The van der Waals surface area contributed by atoms with Crippen molar-refractivity contribution in [3.05, 3.63) is 52.6 Å². The molecule has 0 spiro atoms. The highest BCUT2D eigenvalue weighted by Gasteiger charge is 2.37. The van der Waals surface area contributed by atoms with Gasteiger partial charge in [0.05, 0.1) is 0 Å². The van der Waals surface area contributed by atoms with Crippen molar-refractivity contribution in [2.75, 3.05) is 49.6 Å². The number of amides is 2. The molecule has 1 atom stereocenters. The lowest BCUT2D eigenvalue weighted by Gasteiger charge is -2.33. The van der Waals surface area contributed by atoms with Gasteiger partial charge in [0.1, 0.15) is 11.7 Å². The minimum absolute atomic E-state index is 0.140. The van der Waals surface area contributed by atoms with Crippen LogP contribution >= 0.6 is 15.9 Å². The second-order valence-corrected chi connectivity index (χ2v) is 8.76. The molecule has 1 N–H and O–H groups in total. The number of rotatable bonds is 5. The fraction of sp³-hybridized carbons (Fsp3) is 0.409. The number of nitrogens with one attached hydrogen (secondary N) is 1. The SMILES string of the molecule is CN1CCN(c2cc(CNC(=O)C3CCN(c4cccc(Br)c4)C3=O)ccn2)CC1. The van der Waals surface area contributed by atoms with E-state index in [1.165, 1.54) is 0 Å². The lowest BCUT2D eigenvalue weighted by molar-refractivity contribution is -0.132. The van der Waals surface area contributed by atoms with Gasteiger partial charge in [0.15, 0.2) is 0 Å². The van der Waals surface area contributed by atoms with E-state index in [-0.39, 0.29) is 11.8 Å². The van der Waals surface area contributed by atoms with Gasteiger partial charge >= 0.3 is 0 Å². The van der Waals surface area contributed by atoms with Gasteiger partial charge < -0.3 is 20.0 Å². The highest BCUT2D eigenvalue weighted by molar-refractivity contribution is 9.10. The first-order valence-corrected chi connectivity index (χ1v) is 11.0. The number of hydrogen-bond acceptors (Lipinski definition) is 5. The molecule has 2 fully saturated rings. The van der Waals surface area contributed by atoms with E-state index in [0.717, 1.165) is 47.7 Å². The Morgan fingerprint density at radius 2 is 1.97 bits per heavy atom. The molecule has 3 heterocycles. The zero-order valence-electron chi connectivity index (χ0n) is 17.1. The number of pyridine rings is 1. The Morgan fingerprint density at radius 3 is 2.73 bits per heavy atom. The molecule has 7 nitrogen and oxygen atoms in total. The van der Waals surface area contributed by atoms with Crippen LogP contribution in [0.5, 0.6) is 0 Å². The first-order valence-electron chi connectivity index (χ1n) is 10.2. The van der Waals surface area contributed by atoms with E-state index in [9.17, 15) is 9.59 Å². The molecule has 2 aliphatic rings. The van der Waals surface area contributed by atoms with Crippen molar-refractivity contribution in [1.82, 2.24) is 15.2 Å². The van der Waals surface area contributed by atoms with Crippen molar-refractivity contribution in [3.8, 4) is 0 Å². The number of hydrogen-bond donors (Lipinski definition) is 1. The summed E-state index contributed by atoms with van der Waals surface area (Å²) in [6, 6.07) is 11.5. The van der Waals surface area contributed by atoms with Crippen LogP contribution in [0.3, 0.4) is 0 Å². The average molecular weight is 472 g/mol. The van der Waals surface area contributed by atoms with Crippen molar-refractivity contribution >= 4 is 39.2 Å². The Balaban J connectivity index is 1.35. The van der Waals surface area contributed by atoms with Gasteiger partial charge in [-0.2, -0.15) is 0 Å². The summed E-state index contributed by atoms with van der Waals surface area (Å²) in [5.41, 5.74) is 1.80. The predicted molar refractivity (Wildman–Crippen MR) is 120 cm³/mol. The molecule has 2 aliphatic heterocycles. The number of nitrogens with zero attached hydrogens (tertiary/aromatic N) is 4. The highest BCUT2D eigenvalue weighted by Crippen LogP contribution is 2.27. The molecule has 158 valence electrons. The maximum Gasteiger partial charge on any atom is 0.239 e. The first-order chi connectivity index (χ1) is 14.5. The van der Waals surface area contributed by atoms with Crippen LogP contribution in [0, 0.1) is 5.92 Å². The van der Waals surface area contributed by atoms with Crippen LogP contribution in [0.4, 0.5) is 11.5 Å². The molecule has 8 heteroatoms. The van der Waals surface area contributed by atoms with Gasteiger partial charge in [-0.1, -0.05) is 22.0 Å². The van der Waals surface area contributed by atoms with Gasteiger partial charge in [-0.3, -0.25) is 9.59 Å². The van der Waals surface area contributed by atoms with E-state index in [1.54, 1.807) is 11.1 Å². The molecule has 2 amide bonds. The Hall–Kier alpha value is -2.45. The molecule has 2 aromatic rings. The topological polar surface area (TPSA) is 68.8 Å². The quantitative estimate of drug-likeness (QED) is 0.677. The van der Waals surface area contributed by atoms with Crippen molar-refractivity contribution in [2.24, 2.45) is 5.92 Å². The smallest absolute Gasteiger partial charge is 0.239 e. The highest BCUT2D eigenvalue weighted by atomic mass is 79.9. The predicted octanol–water partition coefficient (Wildman–Crippen LogP) is 2.27. The molecule has 2 saturated heterocycles. The summed E-state index contributed by atoms with van der Waals surface area (Å²) in [5.74, 6) is -0.0514. The van der Waals surface area contributed by atoms with Crippen molar-refractivity contribution in [1.29, 1.82) is 0 Å². The van der Waals surface area contributed by atoms with Crippen LogP contribution in [0.2, 0.25) is 0 Å². The normalized spacial score (nSPS) is 19.9. The van der Waals surface area contributed by atoms with Crippen LogP contribution in [0.25, 0.3) is 0 Å². The minimum atomic E-state index is -0.636. The number of carbonyl (C=O) groups is 2. The molecule has 30 heavy (non-hydrogen) atoms. The molecule has 0 aliphatic carbocycles. The molecule has 1 aromatic heterocycles. The second-order valence-electron chi connectivity index (χ2n) is 7.84. The molecule has 4 rings (SSSR count). The molecule has 0 bridgehead atoms. The number of anilines is 2. The fourth-order valence-corrected chi connectivity index (χ4v) is 4.30. The average Bonchev–Trinajstić information content (AvgIpc) is 3.14. The Kier molecular flexibility index (Phi) is 6.34. The number of benzene rings is 1. The molecule has 0 radical (unpaired) electrons. The Morgan fingerprint density at radius 1 is 1.17 bits per heavy atom. The van der Waals surface area contributed by atoms with Gasteiger partial charge in [-0.25, -0.2) is 4.98 Å². The molecular weight excluding hydrogens is 446 g/mol. The molecular formula is C22H26BrN5O2. The van der Waals surface area contributed by atoms with Crippen LogP contribution in [-0.2, 0) is 16.1 Å². The van der Waals surface area contributed by atoms with E-state index >= 15 is 0 Å². The summed E-state index contributed by atoms with van der Waals surface area (Å²) in [7, 11) is 2.12. The number of halogens is 1. The summed E-state index contributed by atoms with van der Waals surface area (Å²) in [4.78, 5) is 36.2. The lowest BCUT2D eigenvalue weighted by Crippen LogP contribution is -2.44. The Labute approximate surface area is 185 Å². The largest absolute Gasteiger partial charge is 0.354 e. The van der Waals surface area contributed by atoms with Crippen LogP contribution in [0.15, 0.2) is 47.1 Å². The van der Waals surface area contributed by atoms with E-state index < -0.39 is 5.92 Å². The standard InChI is InChI=1S/C22H26BrN5O2/c1-26-9-11-27(12-10-26)20-13-16(5-7-24-20)15-25-21(29)19-6-8-28(22(19)30)18-4-2-3-17(23)14-18/h2-5,7,13-14,19H,6,8-12,15H2,1H3,(H,25,29). The van der Waals surface area contributed by atoms with Gasteiger partial charge in [0, 0.05) is 55.6 Å². The minimum Gasteiger partial charge on any atom is -0.354 e. The summed E-state index contributed by atoms with van der Waals surface area (Å²) in [5, 5.41) is 2.94. The zero-order valence-corrected chi connectivity index (χ0v) is 18.6. The van der Waals surface area contributed by atoms with Crippen LogP contribution < -0.4 is 15.1 Å². The maximum absolute atomic E-state index is 12.8. The first kappa shape index (κ1) is 20.8. The van der Waals surface area contributed by atoms with E-state index in [4.69, 9.17) is 0 Å². The van der Waals surface area contributed by atoms with Crippen molar-refractivity contribution in [2.45, 2.75) is 13.0 Å². The van der Waals surface area contributed by atoms with Gasteiger partial charge in [0.2, 0.25) is 11.8 Å². The molecule has 0 saturated carbocycles. The number of piperazine rings is 1. The summed E-state index contributed by atoms with van der Waals surface area (Å²) < 4.78 is 0.912. The zero-order chi connectivity index (χ0) is 21.1. The van der Waals surface area contributed by atoms with E-state index in [0.29, 0.717) is 19.5 Å². The van der Waals surface area contributed by atoms with Crippen molar-refractivity contribution < 1.29 is 9.59 Å². The monoisotopic (exact) mass is 471 g/mol. The maximum atomic E-state index is 12.8. The third kappa shape index (κ3) is 4.65. The number of carbonyl (C=O) groups excluding carboxylic acids is 2. The third-order valence-electron chi connectivity index (χ3n) is 5.75. The van der Waals surface area contributed by atoms with Gasteiger partial charge in [0.25, 0.3) is 0 Å². The second kappa shape index (κ2) is 9.14. The van der Waals surface area contributed by atoms with E-state index in [2.05, 4.69) is 43.1 Å². The molecule has 1 unspecified atom stereocenters. The number of likely N-dealkylation sites (N-methyl/N-ethyl adjacent to an activating group) is 1. The van der Waals surface area contributed by atoms with Crippen LogP contribution in [-0.4, -0.2) is 61.5 Å². The fourth-order valence-electron chi connectivity index (χ4n) is 3.91. The Bertz CT molecular complexity index is 929. The van der Waals surface area contributed by atoms with Crippen LogP contribution in [0.1, 0.15) is 12.0 Å². The van der Waals surface area contributed by atoms with Crippen molar-refractivity contribution in [3.63, 3.8) is 0 Å². The number of aromatic nitrogens is 1. The molecule has 1 aromatic carbocycles. The van der Waals surface area contributed by atoms with Gasteiger partial charge in [-0.15, -0.1) is 0 Å². The van der Waals surface area contributed by atoms with Gasteiger partial charge in [-0.05, 0) is 49.4 Å². The summed E-state index contributed by atoms with van der Waals surface area (Å²) >= 11 is 3.43.